The molecule has 0 aromatic rings. The Morgan fingerprint density at radius 1 is 0.917 bits per heavy atom. The molecule has 0 aromatic carbocycles. The van der Waals surface area contributed by atoms with Crippen LogP contribution >= 0.6 is 0 Å². The van der Waals surface area contributed by atoms with Gasteiger partial charge in [0.15, 0.2) is 0 Å². The zero-order valence-corrected chi connectivity index (χ0v) is 6.62. The largest absolute Gasteiger partial charge is 0.456 e. The first kappa shape index (κ1) is 10.9. The molecule has 0 unspecified atom stereocenters. The lowest BCUT2D eigenvalue weighted by atomic mass is 10.6. The molecule has 4 N–H and O–H groups in total. The molecule has 0 amide bonds. The maximum Gasteiger partial charge on any atom is 0.417 e. The number of rotatable bonds is 4. The van der Waals surface area contributed by atoms with E-state index in [-0.39, 0.29) is 26.3 Å². The molecule has 0 aliphatic heterocycles. The van der Waals surface area contributed by atoms with E-state index < -0.39 is 11.9 Å². The number of ether oxygens (including phenoxy) is 2. The molecule has 0 saturated carbocycles. The zero-order chi connectivity index (χ0) is 9.40. The third kappa shape index (κ3) is 4.64. The van der Waals surface area contributed by atoms with Crippen LogP contribution in [-0.2, 0) is 19.1 Å². The molecule has 0 radical (unpaired) electrons. The molecule has 6 heteroatoms. The SMILES string of the molecule is NCCOC(=O)C(=O)OCCN. The van der Waals surface area contributed by atoms with Crippen LogP contribution in [0.25, 0.3) is 0 Å². The average Bonchev–Trinajstić information content (AvgIpc) is 2.10. The minimum Gasteiger partial charge on any atom is -0.456 e. The first-order chi connectivity index (χ1) is 5.72. The molecule has 70 valence electrons. The van der Waals surface area contributed by atoms with Crippen LogP contribution in [0.1, 0.15) is 0 Å². The fourth-order valence-electron chi connectivity index (χ4n) is 0.421. The molecular weight excluding hydrogens is 164 g/mol. The van der Waals surface area contributed by atoms with Crippen molar-refractivity contribution in [2.45, 2.75) is 0 Å². The summed E-state index contributed by atoms with van der Waals surface area (Å²) in [7, 11) is 0. The highest BCUT2D eigenvalue weighted by Crippen LogP contribution is 1.83. The quantitative estimate of drug-likeness (QED) is 0.379. The van der Waals surface area contributed by atoms with Crippen molar-refractivity contribution in [3.05, 3.63) is 0 Å². The lowest BCUT2D eigenvalue weighted by Gasteiger charge is -2.02. The van der Waals surface area contributed by atoms with E-state index in [1.807, 2.05) is 0 Å². The Hall–Kier alpha value is -1.14. The highest BCUT2D eigenvalue weighted by molar-refractivity contribution is 6.29. The van der Waals surface area contributed by atoms with Gasteiger partial charge in [0.1, 0.15) is 13.2 Å². The second kappa shape index (κ2) is 6.56. The van der Waals surface area contributed by atoms with Gasteiger partial charge in [0.2, 0.25) is 0 Å². The molecule has 0 atom stereocenters. The van der Waals surface area contributed by atoms with Crippen LogP contribution in [0.2, 0.25) is 0 Å². The van der Waals surface area contributed by atoms with Crippen molar-refractivity contribution >= 4 is 11.9 Å². The third-order valence-electron chi connectivity index (χ3n) is 0.869. The monoisotopic (exact) mass is 176 g/mol. The summed E-state index contributed by atoms with van der Waals surface area (Å²) in [5.41, 5.74) is 10.1. The van der Waals surface area contributed by atoms with Crippen LogP contribution in [0.5, 0.6) is 0 Å². The first-order valence-electron chi connectivity index (χ1n) is 3.46. The minimum absolute atomic E-state index is 0.0105. The molecule has 0 fully saturated rings. The Morgan fingerprint density at radius 3 is 1.50 bits per heavy atom. The van der Waals surface area contributed by atoms with Crippen molar-refractivity contribution in [3.8, 4) is 0 Å². The van der Waals surface area contributed by atoms with E-state index in [2.05, 4.69) is 9.47 Å². The molecule has 6 nitrogen and oxygen atoms in total. The van der Waals surface area contributed by atoms with Crippen molar-refractivity contribution in [2.75, 3.05) is 26.3 Å². The summed E-state index contributed by atoms with van der Waals surface area (Å²) in [6, 6.07) is 0. The maximum atomic E-state index is 10.6. The van der Waals surface area contributed by atoms with Crippen LogP contribution in [0.15, 0.2) is 0 Å². The molecule has 0 heterocycles. The van der Waals surface area contributed by atoms with Gasteiger partial charge in [-0.25, -0.2) is 9.59 Å². The van der Waals surface area contributed by atoms with E-state index in [9.17, 15) is 9.59 Å². The molecule has 0 rings (SSSR count). The van der Waals surface area contributed by atoms with Gasteiger partial charge >= 0.3 is 11.9 Å². The van der Waals surface area contributed by atoms with E-state index in [0.29, 0.717) is 0 Å². The molecule has 0 aromatic heterocycles. The van der Waals surface area contributed by atoms with Gasteiger partial charge < -0.3 is 20.9 Å². The predicted molar refractivity (Wildman–Crippen MR) is 40.0 cm³/mol. The number of carbonyl (C=O) groups excluding carboxylic acids is 2. The van der Waals surface area contributed by atoms with Gasteiger partial charge in [0, 0.05) is 13.1 Å². The summed E-state index contributed by atoms with van der Waals surface area (Å²) < 4.78 is 8.74. The fourth-order valence-corrected chi connectivity index (χ4v) is 0.421. The number of esters is 2. The van der Waals surface area contributed by atoms with Crippen LogP contribution < -0.4 is 11.5 Å². The van der Waals surface area contributed by atoms with E-state index in [1.54, 1.807) is 0 Å². The normalized spacial score (nSPS) is 9.17. The van der Waals surface area contributed by atoms with Gasteiger partial charge in [-0.1, -0.05) is 0 Å². The lowest BCUT2D eigenvalue weighted by Crippen LogP contribution is -2.25. The predicted octanol–water partition coefficient (Wildman–Crippen LogP) is -2.01. The van der Waals surface area contributed by atoms with Crippen molar-refractivity contribution in [1.29, 1.82) is 0 Å². The molecule has 0 saturated heterocycles. The standard InChI is InChI=1S/C6H12N2O4/c7-1-3-11-5(9)6(10)12-4-2-8/h1-4,7-8H2. The second-order valence-corrected chi connectivity index (χ2v) is 1.85. The molecular formula is C6H12N2O4. The number of hydrogen-bond donors (Lipinski definition) is 2. The smallest absolute Gasteiger partial charge is 0.417 e. The third-order valence-corrected chi connectivity index (χ3v) is 0.869. The van der Waals surface area contributed by atoms with E-state index in [0.717, 1.165) is 0 Å². The topological polar surface area (TPSA) is 105 Å². The van der Waals surface area contributed by atoms with Gasteiger partial charge in [-0.05, 0) is 0 Å². The summed E-state index contributed by atoms with van der Waals surface area (Å²) in [4.78, 5) is 21.2. The highest BCUT2D eigenvalue weighted by atomic mass is 16.6. The van der Waals surface area contributed by atoms with Gasteiger partial charge in [0.25, 0.3) is 0 Å². The maximum absolute atomic E-state index is 10.6. The molecule has 12 heavy (non-hydrogen) atoms. The van der Waals surface area contributed by atoms with Crippen LogP contribution in [0.4, 0.5) is 0 Å². The van der Waals surface area contributed by atoms with E-state index in [4.69, 9.17) is 11.5 Å². The second-order valence-electron chi connectivity index (χ2n) is 1.85. The number of hydrogen-bond acceptors (Lipinski definition) is 6. The van der Waals surface area contributed by atoms with Crippen molar-refractivity contribution in [1.82, 2.24) is 0 Å². The summed E-state index contributed by atoms with van der Waals surface area (Å²) in [5.74, 6) is -2.07. The Labute approximate surface area is 69.8 Å². The summed E-state index contributed by atoms with van der Waals surface area (Å²) in [6.45, 7) is 0.374. The molecule has 0 spiro atoms. The lowest BCUT2D eigenvalue weighted by molar-refractivity contribution is -0.167. The average molecular weight is 176 g/mol. The summed E-state index contributed by atoms with van der Waals surface area (Å²) >= 11 is 0. The van der Waals surface area contributed by atoms with Gasteiger partial charge in [0.05, 0.1) is 0 Å². The van der Waals surface area contributed by atoms with E-state index in [1.165, 1.54) is 0 Å². The Morgan fingerprint density at radius 2 is 1.25 bits per heavy atom. The van der Waals surface area contributed by atoms with Crippen molar-refractivity contribution < 1.29 is 19.1 Å². The molecule has 0 aliphatic rings. The Kier molecular flexibility index (Phi) is 5.94. The van der Waals surface area contributed by atoms with Gasteiger partial charge in [-0.15, -0.1) is 0 Å². The Balaban J connectivity index is 3.55. The summed E-state index contributed by atoms with van der Waals surface area (Å²) in [6.07, 6.45) is 0. The van der Waals surface area contributed by atoms with E-state index >= 15 is 0 Å². The number of carbonyl (C=O) groups is 2. The fraction of sp³-hybridized carbons (Fsp3) is 0.667. The summed E-state index contributed by atoms with van der Waals surface area (Å²) in [5, 5.41) is 0. The Bertz CT molecular complexity index is 142. The molecule has 0 bridgehead atoms. The number of nitrogens with two attached hydrogens (primary N) is 2. The van der Waals surface area contributed by atoms with Crippen molar-refractivity contribution in [3.63, 3.8) is 0 Å². The van der Waals surface area contributed by atoms with Gasteiger partial charge in [-0.3, -0.25) is 0 Å². The highest BCUT2D eigenvalue weighted by Gasteiger charge is 2.15. The van der Waals surface area contributed by atoms with Crippen LogP contribution in [0.3, 0.4) is 0 Å². The zero-order valence-electron chi connectivity index (χ0n) is 6.62. The molecule has 0 aliphatic carbocycles. The van der Waals surface area contributed by atoms with Gasteiger partial charge in [-0.2, -0.15) is 0 Å². The first-order valence-corrected chi connectivity index (χ1v) is 3.46. The van der Waals surface area contributed by atoms with Crippen molar-refractivity contribution in [2.24, 2.45) is 11.5 Å². The van der Waals surface area contributed by atoms with Crippen LogP contribution in [0, 0.1) is 0 Å². The minimum atomic E-state index is -1.03. The van der Waals surface area contributed by atoms with Crippen LogP contribution in [-0.4, -0.2) is 38.2 Å².